The van der Waals surface area contributed by atoms with E-state index in [1.807, 2.05) is 6.92 Å². The summed E-state index contributed by atoms with van der Waals surface area (Å²) in [5, 5.41) is 14.3. The van der Waals surface area contributed by atoms with Gasteiger partial charge in [0.15, 0.2) is 0 Å². The molecular weight excluding hydrogens is 304 g/mol. The topological polar surface area (TPSA) is 72.2 Å². The van der Waals surface area contributed by atoms with Gasteiger partial charge in [0.25, 0.3) is 11.6 Å². The number of fused-ring (bicyclic) bond motifs is 2. The van der Waals surface area contributed by atoms with Gasteiger partial charge >= 0.3 is 0 Å². The standard InChI is InChI=1S/C16H19ClN2O3/c1-9(13-7-10-2-3-11(13)6-10)18-16(20)14-8-12(17)4-5-15(14)19(21)22/h4-5,8-11,13H,2-3,6-7H2,1H3,(H,18,20)/t9-,10+,11-,13+/m0/s1. The van der Waals surface area contributed by atoms with Crippen LogP contribution in [0.4, 0.5) is 5.69 Å². The second kappa shape index (κ2) is 5.88. The van der Waals surface area contributed by atoms with Crippen molar-refractivity contribution >= 4 is 23.2 Å². The van der Waals surface area contributed by atoms with Crippen molar-refractivity contribution in [1.82, 2.24) is 5.32 Å². The van der Waals surface area contributed by atoms with Gasteiger partial charge in [-0.2, -0.15) is 0 Å². The molecule has 0 spiro atoms. The zero-order chi connectivity index (χ0) is 15.9. The molecule has 2 aliphatic carbocycles. The highest BCUT2D eigenvalue weighted by atomic mass is 35.5. The largest absolute Gasteiger partial charge is 0.349 e. The summed E-state index contributed by atoms with van der Waals surface area (Å²) in [6.07, 6.45) is 4.97. The molecule has 1 aromatic rings. The van der Waals surface area contributed by atoms with E-state index in [1.54, 1.807) is 0 Å². The molecule has 2 bridgehead atoms. The fourth-order valence-electron chi connectivity index (χ4n) is 4.15. The van der Waals surface area contributed by atoms with Gasteiger partial charge in [-0.1, -0.05) is 18.0 Å². The molecule has 0 aromatic heterocycles. The second-order valence-electron chi connectivity index (χ2n) is 6.52. The van der Waals surface area contributed by atoms with E-state index in [-0.39, 0.29) is 17.3 Å². The van der Waals surface area contributed by atoms with E-state index in [1.165, 1.54) is 37.5 Å². The van der Waals surface area contributed by atoms with E-state index >= 15 is 0 Å². The Morgan fingerprint density at radius 3 is 2.77 bits per heavy atom. The number of carbonyl (C=O) groups excluding carboxylic acids is 1. The van der Waals surface area contributed by atoms with Crippen LogP contribution in [0.1, 0.15) is 43.0 Å². The molecule has 0 aliphatic heterocycles. The SMILES string of the molecule is C[C@H](NC(=O)c1cc(Cl)ccc1[N+](=O)[O-])[C@H]1C[C@@H]2CC[C@H]1C2. The third kappa shape index (κ3) is 2.82. The molecule has 22 heavy (non-hydrogen) atoms. The summed E-state index contributed by atoms with van der Waals surface area (Å²) >= 11 is 5.88. The van der Waals surface area contributed by atoms with Crippen LogP contribution in [-0.2, 0) is 0 Å². The molecule has 4 atom stereocenters. The maximum Gasteiger partial charge on any atom is 0.282 e. The second-order valence-corrected chi connectivity index (χ2v) is 6.96. The highest BCUT2D eigenvalue weighted by Gasteiger charge is 2.42. The molecular formula is C16H19ClN2O3. The quantitative estimate of drug-likeness (QED) is 0.677. The fourth-order valence-corrected chi connectivity index (χ4v) is 4.32. The Morgan fingerprint density at radius 1 is 1.41 bits per heavy atom. The van der Waals surface area contributed by atoms with Gasteiger partial charge in [0.05, 0.1) is 4.92 Å². The minimum absolute atomic E-state index is 0.0291. The number of halogens is 1. The van der Waals surface area contributed by atoms with Crippen LogP contribution in [0.3, 0.4) is 0 Å². The van der Waals surface area contributed by atoms with E-state index in [0.29, 0.717) is 16.9 Å². The summed E-state index contributed by atoms with van der Waals surface area (Å²) in [4.78, 5) is 22.9. The summed E-state index contributed by atoms with van der Waals surface area (Å²) in [5.41, 5.74) is -0.172. The third-order valence-electron chi connectivity index (χ3n) is 5.19. The first-order valence-corrected chi connectivity index (χ1v) is 8.08. The van der Waals surface area contributed by atoms with Crippen LogP contribution in [0, 0.1) is 27.9 Å². The molecule has 0 radical (unpaired) electrons. The number of carbonyl (C=O) groups is 1. The zero-order valence-electron chi connectivity index (χ0n) is 12.4. The molecule has 6 heteroatoms. The van der Waals surface area contributed by atoms with Gasteiger partial charge in [0, 0.05) is 17.1 Å². The molecule has 2 fully saturated rings. The van der Waals surface area contributed by atoms with Crippen LogP contribution >= 0.6 is 11.6 Å². The maximum absolute atomic E-state index is 12.4. The number of nitro groups is 1. The first-order valence-electron chi connectivity index (χ1n) is 7.70. The summed E-state index contributed by atoms with van der Waals surface area (Å²) < 4.78 is 0. The van der Waals surface area contributed by atoms with Crippen LogP contribution in [0.25, 0.3) is 0 Å². The van der Waals surface area contributed by atoms with Crippen molar-refractivity contribution in [2.24, 2.45) is 17.8 Å². The Kier molecular flexibility index (Phi) is 4.08. The van der Waals surface area contributed by atoms with Crippen molar-refractivity contribution < 1.29 is 9.72 Å². The summed E-state index contributed by atoms with van der Waals surface area (Å²) in [7, 11) is 0. The molecule has 118 valence electrons. The van der Waals surface area contributed by atoms with E-state index in [2.05, 4.69) is 5.32 Å². The number of nitrogens with one attached hydrogen (secondary N) is 1. The monoisotopic (exact) mass is 322 g/mol. The zero-order valence-corrected chi connectivity index (χ0v) is 13.2. The van der Waals surface area contributed by atoms with Gasteiger partial charge in [-0.05, 0) is 56.1 Å². The average molecular weight is 323 g/mol. The Labute approximate surface area is 134 Å². The van der Waals surface area contributed by atoms with Crippen LogP contribution < -0.4 is 5.32 Å². The first kappa shape index (κ1) is 15.3. The number of nitrogens with zero attached hydrogens (tertiary/aromatic N) is 1. The lowest BCUT2D eigenvalue weighted by molar-refractivity contribution is -0.385. The van der Waals surface area contributed by atoms with Gasteiger partial charge in [0.1, 0.15) is 5.56 Å². The first-order chi connectivity index (χ1) is 10.5. The molecule has 0 unspecified atom stereocenters. The van der Waals surface area contributed by atoms with Crippen molar-refractivity contribution in [3.8, 4) is 0 Å². The van der Waals surface area contributed by atoms with Crippen molar-refractivity contribution in [2.75, 3.05) is 0 Å². The average Bonchev–Trinajstić information content (AvgIpc) is 3.09. The molecule has 1 aromatic carbocycles. The smallest absolute Gasteiger partial charge is 0.282 e. The normalized spacial score (nSPS) is 27.6. The highest BCUT2D eigenvalue weighted by Crippen LogP contribution is 2.49. The summed E-state index contributed by atoms with van der Waals surface area (Å²) in [5.74, 6) is 1.56. The van der Waals surface area contributed by atoms with E-state index < -0.39 is 10.8 Å². The van der Waals surface area contributed by atoms with Gasteiger partial charge in [-0.3, -0.25) is 14.9 Å². The Morgan fingerprint density at radius 2 is 2.18 bits per heavy atom. The van der Waals surface area contributed by atoms with Crippen molar-refractivity contribution in [2.45, 2.75) is 38.6 Å². The lowest BCUT2D eigenvalue weighted by atomic mass is 9.84. The number of amides is 1. The fraction of sp³-hybridized carbons (Fsp3) is 0.562. The van der Waals surface area contributed by atoms with Gasteiger partial charge in [0.2, 0.25) is 0 Å². The van der Waals surface area contributed by atoms with Crippen molar-refractivity contribution in [1.29, 1.82) is 0 Å². The lowest BCUT2D eigenvalue weighted by Gasteiger charge is -2.28. The van der Waals surface area contributed by atoms with Crippen LogP contribution in [-0.4, -0.2) is 16.9 Å². The van der Waals surface area contributed by atoms with E-state index in [4.69, 9.17) is 11.6 Å². The molecule has 0 saturated heterocycles. The number of rotatable bonds is 4. The highest BCUT2D eigenvalue weighted by molar-refractivity contribution is 6.31. The van der Waals surface area contributed by atoms with Crippen LogP contribution in [0.15, 0.2) is 18.2 Å². The molecule has 1 N–H and O–H groups in total. The molecule has 2 saturated carbocycles. The summed E-state index contributed by atoms with van der Waals surface area (Å²) in [6, 6.07) is 4.10. The molecule has 0 heterocycles. The Balaban J connectivity index is 1.74. The minimum Gasteiger partial charge on any atom is -0.349 e. The molecule has 2 aliphatic rings. The third-order valence-corrected chi connectivity index (χ3v) is 5.43. The predicted octanol–water partition coefficient (Wildman–Crippen LogP) is 3.80. The number of nitro benzene ring substituents is 1. The number of benzene rings is 1. The molecule has 3 rings (SSSR count). The Hall–Kier alpha value is -1.62. The minimum atomic E-state index is -0.548. The van der Waals surface area contributed by atoms with Crippen LogP contribution in [0.2, 0.25) is 5.02 Å². The van der Waals surface area contributed by atoms with Gasteiger partial charge < -0.3 is 5.32 Å². The lowest BCUT2D eigenvalue weighted by Crippen LogP contribution is -2.40. The molecule has 5 nitrogen and oxygen atoms in total. The predicted molar refractivity (Wildman–Crippen MR) is 84.0 cm³/mol. The maximum atomic E-state index is 12.4. The van der Waals surface area contributed by atoms with E-state index in [0.717, 1.165) is 12.3 Å². The number of hydrogen-bond donors (Lipinski definition) is 1. The Bertz CT molecular complexity index is 619. The van der Waals surface area contributed by atoms with E-state index in [9.17, 15) is 14.9 Å². The van der Waals surface area contributed by atoms with Crippen molar-refractivity contribution in [3.05, 3.63) is 38.9 Å². The van der Waals surface area contributed by atoms with Crippen LogP contribution in [0.5, 0.6) is 0 Å². The molecule has 1 amide bonds. The van der Waals surface area contributed by atoms with Gasteiger partial charge in [-0.25, -0.2) is 0 Å². The van der Waals surface area contributed by atoms with Gasteiger partial charge in [-0.15, -0.1) is 0 Å². The summed E-state index contributed by atoms with van der Waals surface area (Å²) in [6.45, 7) is 2.00. The number of hydrogen-bond acceptors (Lipinski definition) is 3. The van der Waals surface area contributed by atoms with Crippen molar-refractivity contribution in [3.63, 3.8) is 0 Å².